The minimum Gasteiger partial charge on any atom is -0.490 e. The quantitative estimate of drug-likeness (QED) is 0.287. The van der Waals surface area contributed by atoms with Crippen molar-refractivity contribution in [2.45, 2.75) is 20.5 Å². The maximum atomic E-state index is 10.7. The first-order valence-corrected chi connectivity index (χ1v) is 9.14. The molecule has 0 saturated heterocycles. The van der Waals surface area contributed by atoms with E-state index in [1.54, 1.807) is 24.4 Å². The lowest BCUT2D eigenvalue weighted by Gasteiger charge is -2.12. The number of hydrogen-bond donors (Lipinski definition) is 2. The Labute approximate surface area is 168 Å². The smallest absolute Gasteiger partial charge is 0.269 e. The van der Waals surface area contributed by atoms with Gasteiger partial charge in [-0.25, -0.2) is 0 Å². The van der Waals surface area contributed by atoms with Crippen molar-refractivity contribution in [2.24, 2.45) is 5.10 Å². The summed E-state index contributed by atoms with van der Waals surface area (Å²) in [5, 5.41) is 18.2. The lowest BCUT2D eigenvalue weighted by Crippen LogP contribution is -2.31. The van der Waals surface area contributed by atoms with Crippen molar-refractivity contribution < 1.29 is 14.4 Å². The van der Waals surface area contributed by atoms with Gasteiger partial charge in [-0.3, -0.25) is 15.5 Å². The van der Waals surface area contributed by atoms with Crippen LogP contribution in [-0.4, -0.2) is 29.4 Å². The number of benzene rings is 2. The number of nitro groups is 1. The highest BCUT2D eigenvalue weighted by atomic mass is 32.1. The fourth-order valence-corrected chi connectivity index (χ4v) is 2.43. The number of ether oxygens (including phenoxy) is 2. The fraction of sp³-hybridized carbons (Fsp3) is 0.263. The van der Waals surface area contributed by atoms with Crippen LogP contribution in [0.15, 0.2) is 47.6 Å². The largest absolute Gasteiger partial charge is 0.490 e. The Morgan fingerprint density at radius 1 is 1.18 bits per heavy atom. The van der Waals surface area contributed by atoms with Gasteiger partial charge in [0, 0.05) is 18.7 Å². The average Bonchev–Trinajstić information content (AvgIpc) is 2.68. The fourth-order valence-electron chi connectivity index (χ4n) is 2.23. The molecular formula is C19H22N4O4S. The molecule has 0 spiro atoms. The Hall–Kier alpha value is -3.20. The number of nitro benzene ring substituents is 1. The molecular weight excluding hydrogens is 380 g/mol. The zero-order valence-corrected chi connectivity index (χ0v) is 16.5. The number of nitrogens with one attached hydrogen (secondary N) is 2. The van der Waals surface area contributed by atoms with Crippen LogP contribution in [-0.2, 0) is 6.61 Å². The predicted octanol–water partition coefficient (Wildman–Crippen LogP) is 3.39. The van der Waals surface area contributed by atoms with Gasteiger partial charge < -0.3 is 14.8 Å². The summed E-state index contributed by atoms with van der Waals surface area (Å²) in [6.07, 6.45) is 1.63. The molecule has 2 N–H and O–H groups in total. The van der Waals surface area contributed by atoms with E-state index in [1.165, 1.54) is 12.1 Å². The first kappa shape index (κ1) is 21.1. The summed E-state index contributed by atoms with van der Waals surface area (Å²) in [7, 11) is 0. The van der Waals surface area contributed by atoms with Gasteiger partial charge in [-0.1, -0.05) is 0 Å². The molecule has 0 amide bonds. The molecule has 28 heavy (non-hydrogen) atoms. The van der Waals surface area contributed by atoms with E-state index in [4.69, 9.17) is 21.7 Å². The van der Waals surface area contributed by atoms with Crippen molar-refractivity contribution in [1.82, 2.24) is 10.7 Å². The molecule has 0 bridgehead atoms. The van der Waals surface area contributed by atoms with Gasteiger partial charge in [0.05, 0.1) is 17.7 Å². The predicted molar refractivity (Wildman–Crippen MR) is 112 cm³/mol. The van der Waals surface area contributed by atoms with E-state index in [2.05, 4.69) is 15.8 Å². The second kappa shape index (κ2) is 10.8. The lowest BCUT2D eigenvalue weighted by molar-refractivity contribution is -0.384. The van der Waals surface area contributed by atoms with Crippen LogP contribution in [0.3, 0.4) is 0 Å². The maximum Gasteiger partial charge on any atom is 0.269 e. The van der Waals surface area contributed by atoms with Gasteiger partial charge in [0.15, 0.2) is 16.6 Å². The van der Waals surface area contributed by atoms with Crippen molar-refractivity contribution in [3.63, 3.8) is 0 Å². The monoisotopic (exact) mass is 402 g/mol. The summed E-state index contributed by atoms with van der Waals surface area (Å²) in [6, 6.07) is 11.7. The third-order valence-corrected chi connectivity index (χ3v) is 3.76. The van der Waals surface area contributed by atoms with E-state index in [-0.39, 0.29) is 12.3 Å². The highest BCUT2D eigenvalue weighted by Crippen LogP contribution is 2.29. The first-order chi connectivity index (χ1) is 13.5. The molecule has 8 nitrogen and oxygen atoms in total. The highest BCUT2D eigenvalue weighted by molar-refractivity contribution is 7.80. The lowest BCUT2D eigenvalue weighted by atomic mass is 10.2. The third-order valence-electron chi connectivity index (χ3n) is 3.53. The Morgan fingerprint density at radius 2 is 1.93 bits per heavy atom. The van der Waals surface area contributed by atoms with Gasteiger partial charge in [0.25, 0.3) is 5.69 Å². The average molecular weight is 402 g/mol. The summed E-state index contributed by atoms with van der Waals surface area (Å²) in [4.78, 5) is 10.3. The second-order valence-electron chi connectivity index (χ2n) is 5.58. The zero-order valence-electron chi connectivity index (χ0n) is 15.7. The molecule has 2 aromatic rings. The molecule has 0 radical (unpaired) electrons. The number of nitrogens with zero attached hydrogens (tertiary/aromatic N) is 2. The van der Waals surface area contributed by atoms with Crippen LogP contribution < -0.4 is 20.2 Å². The summed E-state index contributed by atoms with van der Waals surface area (Å²) in [5.74, 6) is 1.16. The molecule has 0 saturated carbocycles. The van der Waals surface area contributed by atoms with Crippen molar-refractivity contribution >= 4 is 29.2 Å². The number of hydrogen-bond acceptors (Lipinski definition) is 6. The minimum atomic E-state index is -0.433. The zero-order chi connectivity index (χ0) is 20.4. The first-order valence-electron chi connectivity index (χ1n) is 8.73. The van der Waals surface area contributed by atoms with Crippen molar-refractivity contribution in [1.29, 1.82) is 0 Å². The molecule has 9 heteroatoms. The van der Waals surface area contributed by atoms with Crippen LogP contribution in [0.25, 0.3) is 0 Å². The van der Waals surface area contributed by atoms with Crippen LogP contribution in [0.5, 0.6) is 11.5 Å². The molecule has 0 atom stereocenters. The number of non-ortho nitro benzene ring substituents is 1. The van der Waals surface area contributed by atoms with Crippen LogP contribution in [0.2, 0.25) is 0 Å². The van der Waals surface area contributed by atoms with E-state index >= 15 is 0 Å². The van der Waals surface area contributed by atoms with Crippen LogP contribution in [0.1, 0.15) is 25.0 Å². The highest BCUT2D eigenvalue weighted by Gasteiger charge is 2.08. The van der Waals surface area contributed by atoms with E-state index in [0.717, 1.165) is 17.7 Å². The molecule has 2 aromatic carbocycles. The Balaban J connectivity index is 2.04. The summed E-state index contributed by atoms with van der Waals surface area (Å²) >= 11 is 5.04. The number of thiocarbonyl (C=S) groups is 1. The van der Waals surface area contributed by atoms with Crippen molar-refractivity contribution in [3.8, 4) is 11.5 Å². The number of hydrazone groups is 1. The van der Waals surface area contributed by atoms with E-state index in [9.17, 15) is 10.1 Å². The van der Waals surface area contributed by atoms with Crippen LogP contribution in [0.4, 0.5) is 5.69 Å². The van der Waals surface area contributed by atoms with E-state index in [1.807, 2.05) is 26.0 Å². The second-order valence-corrected chi connectivity index (χ2v) is 5.99. The molecule has 0 unspecified atom stereocenters. The molecule has 148 valence electrons. The maximum absolute atomic E-state index is 10.7. The molecule has 0 fully saturated rings. The molecule has 0 aliphatic rings. The summed E-state index contributed by atoms with van der Waals surface area (Å²) in [6.45, 7) is 5.30. The van der Waals surface area contributed by atoms with E-state index < -0.39 is 4.92 Å². The number of rotatable bonds is 9. The van der Waals surface area contributed by atoms with Gasteiger partial charge in [-0.15, -0.1) is 0 Å². The SMILES string of the molecule is CCNC(=S)NN=Cc1ccc(OCc2ccc([N+](=O)[O-])cc2)c(OCC)c1. The van der Waals surface area contributed by atoms with Gasteiger partial charge in [-0.2, -0.15) is 5.10 Å². The molecule has 0 aromatic heterocycles. The molecule has 0 aliphatic carbocycles. The molecule has 0 heterocycles. The van der Waals surface area contributed by atoms with Gasteiger partial charge in [0.1, 0.15) is 6.61 Å². The third kappa shape index (κ3) is 6.51. The Morgan fingerprint density at radius 3 is 2.57 bits per heavy atom. The van der Waals surface area contributed by atoms with Gasteiger partial charge in [-0.05, 0) is 67.5 Å². The summed E-state index contributed by atoms with van der Waals surface area (Å²) < 4.78 is 11.5. The molecule has 0 aliphatic heterocycles. The Kier molecular flexibility index (Phi) is 8.16. The topological polar surface area (TPSA) is 98.0 Å². The standard InChI is InChI=1S/C19H22N4O4S/c1-3-20-19(28)22-21-12-15-7-10-17(18(11-15)26-4-2)27-13-14-5-8-16(9-6-14)23(24)25/h5-12H,3-4,13H2,1-2H3,(H2,20,22,28). The normalized spacial score (nSPS) is 10.5. The van der Waals surface area contributed by atoms with Crippen LogP contribution in [0, 0.1) is 10.1 Å². The van der Waals surface area contributed by atoms with E-state index in [0.29, 0.717) is 23.2 Å². The molecule has 2 rings (SSSR count). The Bertz CT molecular complexity index is 840. The van der Waals surface area contributed by atoms with Gasteiger partial charge >= 0.3 is 0 Å². The van der Waals surface area contributed by atoms with Gasteiger partial charge in [0.2, 0.25) is 0 Å². The summed E-state index contributed by atoms with van der Waals surface area (Å²) in [5.41, 5.74) is 4.41. The van der Waals surface area contributed by atoms with Crippen LogP contribution >= 0.6 is 12.2 Å². The minimum absolute atomic E-state index is 0.0459. The van der Waals surface area contributed by atoms with Crippen molar-refractivity contribution in [3.05, 3.63) is 63.7 Å². The van der Waals surface area contributed by atoms with Crippen molar-refractivity contribution in [2.75, 3.05) is 13.2 Å².